The highest BCUT2D eigenvalue weighted by Crippen LogP contribution is 2.17. The van der Waals surface area contributed by atoms with Crippen LogP contribution in [0.5, 0.6) is 0 Å². The maximum Gasteiger partial charge on any atom is 0.317 e. The zero-order valence-electron chi connectivity index (χ0n) is 14.4. The Hall–Kier alpha value is -2.09. The summed E-state index contributed by atoms with van der Waals surface area (Å²) in [4.78, 5) is 24.7. The number of carboxylic acids is 1. The van der Waals surface area contributed by atoms with E-state index in [9.17, 15) is 9.59 Å². The average molecular weight is 339 g/mol. The number of carboxylic acid groups (broad SMARTS) is 1. The fraction of sp³-hybridized carbons (Fsp3) is 0.688. The van der Waals surface area contributed by atoms with Crippen molar-refractivity contribution in [2.45, 2.75) is 52.4 Å². The van der Waals surface area contributed by atoms with Gasteiger partial charge in [-0.2, -0.15) is 0 Å². The summed E-state index contributed by atoms with van der Waals surface area (Å²) in [6, 6.07) is 1.46. The molecule has 2 heterocycles. The molecule has 1 aromatic rings. The number of aliphatic carboxylic acids is 1. The van der Waals surface area contributed by atoms with Crippen molar-refractivity contribution in [1.29, 1.82) is 0 Å². The van der Waals surface area contributed by atoms with E-state index in [-0.39, 0.29) is 24.7 Å². The van der Waals surface area contributed by atoms with Crippen molar-refractivity contribution in [1.82, 2.24) is 15.4 Å². The summed E-state index contributed by atoms with van der Waals surface area (Å²) in [5.74, 6) is -0.747. The van der Waals surface area contributed by atoms with Gasteiger partial charge >= 0.3 is 12.0 Å². The standard InChI is InChI=1S/C16H25N3O5/c1-16(2,3)23-10-13-7-12(18-24-13)8-17-15(22)19-6-4-5-11(9-19)14(20)21/h7,11H,4-6,8-10H2,1-3H3,(H,17,22)(H,20,21). The second-order valence-corrected chi connectivity index (χ2v) is 6.97. The van der Waals surface area contributed by atoms with E-state index in [1.54, 1.807) is 6.07 Å². The Balaban J connectivity index is 1.79. The Labute approximate surface area is 141 Å². The highest BCUT2D eigenvalue weighted by atomic mass is 16.5. The normalized spacial score (nSPS) is 18.5. The SMILES string of the molecule is CC(C)(C)OCc1cc(CNC(=O)N2CCCC(C(=O)O)C2)no1. The molecule has 0 bridgehead atoms. The minimum Gasteiger partial charge on any atom is -0.481 e. The lowest BCUT2D eigenvalue weighted by molar-refractivity contribution is -0.143. The number of hydrogen-bond donors (Lipinski definition) is 2. The van der Waals surface area contributed by atoms with E-state index in [4.69, 9.17) is 14.4 Å². The Bertz CT molecular complexity index is 579. The highest BCUT2D eigenvalue weighted by Gasteiger charge is 2.28. The summed E-state index contributed by atoms with van der Waals surface area (Å²) < 4.78 is 10.8. The smallest absolute Gasteiger partial charge is 0.317 e. The van der Waals surface area contributed by atoms with E-state index >= 15 is 0 Å². The molecule has 0 radical (unpaired) electrons. The van der Waals surface area contributed by atoms with E-state index in [2.05, 4.69) is 10.5 Å². The third-order valence-electron chi connectivity index (χ3n) is 3.73. The van der Waals surface area contributed by atoms with Gasteiger partial charge in [-0.25, -0.2) is 4.79 Å². The number of carbonyl (C=O) groups is 2. The number of urea groups is 1. The fourth-order valence-corrected chi connectivity index (χ4v) is 2.44. The number of carbonyl (C=O) groups excluding carboxylic acids is 1. The number of rotatable bonds is 5. The molecule has 1 aliphatic heterocycles. The number of aromatic nitrogens is 1. The Morgan fingerprint density at radius 2 is 2.25 bits per heavy atom. The Kier molecular flexibility index (Phi) is 5.82. The number of likely N-dealkylation sites (tertiary alicyclic amines) is 1. The largest absolute Gasteiger partial charge is 0.481 e. The van der Waals surface area contributed by atoms with Crippen molar-refractivity contribution in [3.05, 3.63) is 17.5 Å². The summed E-state index contributed by atoms with van der Waals surface area (Å²) in [7, 11) is 0. The average Bonchev–Trinajstić information content (AvgIpc) is 2.98. The van der Waals surface area contributed by atoms with Crippen LogP contribution in [0.1, 0.15) is 45.1 Å². The molecule has 0 aliphatic carbocycles. The van der Waals surface area contributed by atoms with E-state index in [0.29, 0.717) is 37.4 Å². The minimum absolute atomic E-state index is 0.228. The van der Waals surface area contributed by atoms with Crippen molar-refractivity contribution in [3.63, 3.8) is 0 Å². The van der Waals surface area contributed by atoms with Crippen molar-refractivity contribution >= 4 is 12.0 Å². The van der Waals surface area contributed by atoms with Crippen molar-refractivity contribution in [3.8, 4) is 0 Å². The lowest BCUT2D eigenvalue weighted by atomic mass is 9.99. The van der Waals surface area contributed by atoms with Gasteiger partial charge in [0.2, 0.25) is 0 Å². The van der Waals surface area contributed by atoms with Crippen LogP contribution in [0.4, 0.5) is 4.79 Å². The summed E-state index contributed by atoms with van der Waals surface area (Å²) in [5.41, 5.74) is 0.332. The molecular weight excluding hydrogens is 314 g/mol. The zero-order chi connectivity index (χ0) is 17.7. The molecule has 1 unspecified atom stereocenters. The molecule has 0 aromatic carbocycles. The van der Waals surface area contributed by atoms with Gasteiger partial charge in [0.05, 0.1) is 18.1 Å². The van der Waals surface area contributed by atoms with Crippen LogP contribution in [0, 0.1) is 5.92 Å². The van der Waals surface area contributed by atoms with Gasteiger partial charge in [0, 0.05) is 19.2 Å². The van der Waals surface area contributed by atoms with Gasteiger partial charge in [-0.15, -0.1) is 0 Å². The molecule has 2 amide bonds. The summed E-state index contributed by atoms with van der Waals surface area (Å²) in [6.07, 6.45) is 1.31. The summed E-state index contributed by atoms with van der Waals surface area (Å²) >= 11 is 0. The first-order valence-electron chi connectivity index (χ1n) is 8.08. The molecule has 1 fully saturated rings. The van der Waals surface area contributed by atoms with Gasteiger partial charge in [-0.3, -0.25) is 4.79 Å². The van der Waals surface area contributed by atoms with Crippen molar-refractivity contribution < 1.29 is 24.0 Å². The fourth-order valence-electron chi connectivity index (χ4n) is 2.44. The molecule has 2 rings (SSSR count). The van der Waals surface area contributed by atoms with Gasteiger partial charge < -0.3 is 24.6 Å². The van der Waals surface area contributed by atoms with Gasteiger partial charge in [0.1, 0.15) is 12.3 Å². The molecule has 24 heavy (non-hydrogen) atoms. The van der Waals surface area contributed by atoms with E-state index in [1.165, 1.54) is 4.90 Å². The third kappa shape index (κ3) is 5.52. The van der Waals surface area contributed by atoms with Crippen LogP contribution in [-0.2, 0) is 22.7 Å². The highest BCUT2D eigenvalue weighted by molar-refractivity contribution is 5.76. The van der Waals surface area contributed by atoms with Crippen LogP contribution in [0.15, 0.2) is 10.6 Å². The number of piperidine rings is 1. The first kappa shape index (κ1) is 18.3. The predicted molar refractivity (Wildman–Crippen MR) is 85.2 cm³/mol. The maximum absolute atomic E-state index is 12.1. The number of ether oxygens (including phenoxy) is 1. The molecule has 0 saturated carbocycles. The van der Waals surface area contributed by atoms with Crippen LogP contribution in [0.25, 0.3) is 0 Å². The van der Waals surface area contributed by atoms with Crippen LogP contribution in [0.2, 0.25) is 0 Å². The second kappa shape index (κ2) is 7.65. The van der Waals surface area contributed by atoms with E-state index in [1.807, 2.05) is 20.8 Å². The molecule has 8 heteroatoms. The number of nitrogens with one attached hydrogen (secondary N) is 1. The Morgan fingerprint density at radius 3 is 2.92 bits per heavy atom. The van der Waals surface area contributed by atoms with Gasteiger partial charge in [0.25, 0.3) is 0 Å². The number of nitrogens with zero attached hydrogens (tertiary/aromatic N) is 2. The van der Waals surface area contributed by atoms with Gasteiger partial charge in [-0.05, 0) is 33.6 Å². The first-order chi connectivity index (χ1) is 11.2. The topological polar surface area (TPSA) is 105 Å². The Morgan fingerprint density at radius 1 is 1.50 bits per heavy atom. The lowest BCUT2D eigenvalue weighted by Gasteiger charge is -2.30. The van der Waals surface area contributed by atoms with Crippen LogP contribution in [-0.4, -0.2) is 45.9 Å². The van der Waals surface area contributed by atoms with Crippen LogP contribution in [0.3, 0.4) is 0 Å². The molecule has 1 atom stereocenters. The molecule has 1 saturated heterocycles. The summed E-state index contributed by atoms with van der Waals surface area (Å²) in [6.45, 7) is 7.21. The summed E-state index contributed by atoms with van der Waals surface area (Å²) in [5, 5.41) is 15.7. The molecule has 2 N–H and O–H groups in total. The van der Waals surface area contributed by atoms with E-state index < -0.39 is 11.9 Å². The van der Waals surface area contributed by atoms with Crippen molar-refractivity contribution in [2.75, 3.05) is 13.1 Å². The zero-order valence-corrected chi connectivity index (χ0v) is 14.4. The molecule has 1 aliphatic rings. The number of hydrogen-bond acceptors (Lipinski definition) is 5. The molecule has 8 nitrogen and oxygen atoms in total. The van der Waals surface area contributed by atoms with Crippen LogP contribution < -0.4 is 5.32 Å². The quantitative estimate of drug-likeness (QED) is 0.850. The van der Waals surface area contributed by atoms with Crippen molar-refractivity contribution in [2.24, 2.45) is 5.92 Å². The molecule has 1 aromatic heterocycles. The molecular formula is C16H25N3O5. The predicted octanol–water partition coefficient (Wildman–Crippen LogP) is 2.00. The second-order valence-electron chi connectivity index (χ2n) is 6.97. The minimum atomic E-state index is -0.854. The molecule has 134 valence electrons. The van der Waals surface area contributed by atoms with Gasteiger partial charge in [-0.1, -0.05) is 5.16 Å². The van der Waals surface area contributed by atoms with E-state index in [0.717, 1.165) is 0 Å². The number of amides is 2. The first-order valence-corrected chi connectivity index (χ1v) is 8.08. The maximum atomic E-state index is 12.1. The third-order valence-corrected chi connectivity index (χ3v) is 3.73. The monoisotopic (exact) mass is 339 g/mol. The lowest BCUT2D eigenvalue weighted by Crippen LogP contribution is -2.46. The molecule has 0 spiro atoms. The van der Waals surface area contributed by atoms with Crippen LogP contribution >= 0.6 is 0 Å². The van der Waals surface area contributed by atoms with Gasteiger partial charge in [0.15, 0.2) is 5.76 Å².